The first kappa shape index (κ1) is 16.9. The fraction of sp³-hybridized carbons (Fsp3) is 0.316. The summed E-state index contributed by atoms with van der Waals surface area (Å²) in [7, 11) is 1.55. The number of amides is 1. The van der Waals surface area contributed by atoms with Crippen LogP contribution < -0.4 is 14.8 Å². The number of ether oxygens (including phenoxy) is 2. The zero-order valence-corrected chi connectivity index (χ0v) is 13.8. The Morgan fingerprint density at radius 3 is 2.65 bits per heavy atom. The number of hydrogen-bond acceptors (Lipinski definition) is 3. The lowest BCUT2D eigenvalue weighted by Crippen LogP contribution is -2.13. The summed E-state index contributed by atoms with van der Waals surface area (Å²) in [4.78, 5) is 12.4. The summed E-state index contributed by atoms with van der Waals surface area (Å²) in [6.07, 6.45) is 0.998. The van der Waals surface area contributed by atoms with Crippen LogP contribution in [0.4, 0.5) is 5.69 Å². The molecule has 0 spiro atoms. The zero-order valence-electron chi connectivity index (χ0n) is 13.8. The summed E-state index contributed by atoms with van der Waals surface area (Å²) < 4.78 is 10.9. The first-order valence-electron chi connectivity index (χ1n) is 7.77. The number of carbonyl (C=O) groups is 1. The maximum absolute atomic E-state index is 12.4. The topological polar surface area (TPSA) is 47.6 Å². The Balaban J connectivity index is 2.03. The second-order valence-corrected chi connectivity index (χ2v) is 5.71. The van der Waals surface area contributed by atoms with Crippen molar-refractivity contribution in [2.24, 2.45) is 5.92 Å². The van der Waals surface area contributed by atoms with Crippen molar-refractivity contribution in [1.82, 2.24) is 0 Å². The third-order valence-corrected chi connectivity index (χ3v) is 3.41. The fourth-order valence-corrected chi connectivity index (χ4v) is 2.11. The predicted molar refractivity (Wildman–Crippen MR) is 92.3 cm³/mol. The smallest absolute Gasteiger partial charge is 0.259 e. The maximum Gasteiger partial charge on any atom is 0.259 e. The van der Waals surface area contributed by atoms with E-state index in [2.05, 4.69) is 19.2 Å². The molecule has 0 fully saturated rings. The van der Waals surface area contributed by atoms with Crippen LogP contribution in [0.2, 0.25) is 0 Å². The molecule has 2 aromatic rings. The summed E-state index contributed by atoms with van der Waals surface area (Å²) in [5.74, 6) is 1.70. The largest absolute Gasteiger partial charge is 0.496 e. The Hall–Kier alpha value is -2.49. The van der Waals surface area contributed by atoms with Gasteiger partial charge in [0.2, 0.25) is 0 Å². The fourth-order valence-electron chi connectivity index (χ4n) is 2.11. The van der Waals surface area contributed by atoms with Crippen molar-refractivity contribution in [3.63, 3.8) is 0 Å². The van der Waals surface area contributed by atoms with Gasteiger partial charge in [0.05, 0.1) is 19.3 Å². The van der Waals surface area contributed by atoms with Crippen LogP contribution in [0.3, 0.4) is 0 Å². The summed E-state index contributed by atoms with van der Waals surface area (Å²) in [5.41, 5.74) is 1.20. The van der Waals surface area contributed by atoms with Crippen molar-refractivity contribution in [3.05, 3.63) is 54.1 Å². The quantitative estimate of drug-likeness (QED) is 0.825. The standard InChI is InChI=1S/C19H23NO3/c1-14(2)11-12-23-16-8-6-7-15(13-16)20-19(21)17-9-4-5-10-18(17)22-3/h4-10,13-14H,11-12H2,1-3H3,(H,20,21). The van der Waals surface area contributed by atoms with Gasteiger partial charge in [-0.15, -0.1) is 0 Å². The van der Waals surface area contributed by atoms with Crippen LogP contribution in [-0.4, -0.2) is 19.6 Å². The molecule has 4 heteroatoms. The van der Waals surface area contributed by atoms with Gasteiger partial charge in [0.1, 0.15) is 11.5 Å². The summed E-state index contributed by atoms with van der Waals surface area (Å²) >= 11 is 0. The van der Waals surface area contributed by atoms with Crippen molar-refractivity contribution >= 4 is 11.6 Å². The molecular weight excluding hydrogens is 290 g/mol. The molecule has 122 valence electrons. The van der Waals surface area contributed by atoms with E-state index < -0.39 is 0 Å². The van der Waals surface area contributed by atoms with Crippen molar-refractivity contribution in [2.75, 3.05) is 19.0 Å². The first-order valence-corrected chi connectivity index (χ1v) is 7.77. The number of benzene rings is 2. The molecule has 4 nitrogen and oxygen atoms in total. The Bertz CT molecular complexity index is 653. The molecule has 2 rings (SSSR count). The normalized spacial score (nSPS) is 10.4. The number of rotatable bonds is 7. The summed E-state index contributed by atoms with van der Waals surface area (Å²) in [6, 6.07) is 14.6. The van der Waals surface area contributed by atoms with Crippen LogP contribution >= 0.6 is 0 Å². The van der Waals surface area contributed by atoms with Gasteiger partial charge in [-0.3, -0.25) is 4.79 Å². The van der Waals surface area contributed by atoms with E-state index >= 15 is 0 Å². The molecule has 2 aromatic carbocycles. The van der Waals surface area contributed by atoms with Gasteiger partial charge in [0.25, 0.3) is 5.91 Å². The highest BCUT2D eigenvalue weighted by Gasteiger charge is 2.11. The summed E-state index contributed by atoms with van der Waals surface area (Å²) in [6.45, 7) is 4.99. The van der Waals surface area contributed by atoms with Gasteiger partial charge in [-0.25, -0.2) is 0 Å². The third-order valence-electron chi connectivity index (χ3n) is 3.41. The van der Waals surface area contributed by atoms with Gasteiger partial charge < -0.3 is 14.8 Å². The molecule has 0 aliphatic carbocycles. The van der Waals surface area contributed by atoms with E-state index in [-0.39, 0.29) is 5.91 Å². The SMILES string of the molecule is COc1ccccc1C(=O)Nc1cccc(OCCC(C)C)c1. The molecular formula is C19H23NO3. The number of nitrogens with one attached hydrogen (secondary N) is 1. The molecule has 1 amide bonds. The molecule has 0 heterocycles. The highest BCUT2D eigenvalue weighted by molar-refractivity contribution is 6.06. The van der Waals surface area contributed by atoms with E-state index in [1.165, 1.54) is 0 Å². The van der Waals surface area contributed by atoms with Gasteiger partial charge in [-0.2, -0.15) is 0 Å². The van der Waals surface area contributed by atoms with Gasteiger partial charge >= 0.3 is 0 Å². The van der Waals surface area contributed by atoms with Gasteiger partial charge in [-0.1, -0.05) is 32.0 Å². The molecule has 0 radical (unpaired) electrons. The minimum absolute atomic E-state index is 0.207. The monoisotopic (exact) mass is 313 g/mol. The van der Waals surface area contributed by atoms with E-state index in [4.69, 9.17) is 9.47 Å². The van der Waals surface area contributed by atoms with E-state index in [1.807, 2.05) is 36.4 Å². The Morgan fingerprint density at radius 2 is 1.91 bits per heavy atom. The van der Waals surface area contributed by atoms with E-state index in [1.54, 1.807) is 19.2 Å². The number of para-hydroxylation sites is 1. The maximum atomic E-state index is 12.4. The molecule has 0 aliphatic heterocycles. The minimum Gasteiger partial charge on any atom is -0.496 e. The Morgan fingerprint density at radius 1 is 1.13 bits per heavy atom. The lowest BCUT2D eigenvalue weighted by atomic mass is 10.1. The van der Waals surface area contributed by atoms with E-state index in [0.717, 1.165) is 12.2 Å². The predicted octanol–water partition coefficient (Wildman–Crippen LogP) is 4.37. The van der Waals surface area contributed by atoms with Gasteiger partial charge in [0, 0.05) is 11.8 Å². The van der Waals surface area contributed by atoms with Gasteiger partial charge in [0.15, 0.2) is 0 Å². The van der Waals surface area contributed by atoms with E-state index in [9.17, 15) is 4.79 Å². The van der Waals surface area contributed by atoms with Crippen molar-refractivity contribution in [3.8, 4) is 11.5 Å². The second kappa shape index (κ2) is 8.22. The summed E-state index contributed by atoms with van der Waals surface area (Å²) in [5, 5.41) is 2.87. The number of methoxy groups -OCH3 is 1. The van der Waals surface area contributed by atoms with Crippen LogP contribution in [0.25, 0.3) is 0 Å². The molecule has 0 aromatic heterocycles. The Labute approximate surface area is 137 Å². The average molecular weight is 313 g/mol. The van der Waals surface area contributed by atoms with Crippen LogP contribution in [0.15, 0.2) is 48.5 Å². The average Bonchev–Trinajstić information content (AvgIpc) is 2.54. The molecule has 1 N–H and O–H groups in total. The number of hydrogen-bond donors (Lipinski definition) is 1. The van der Waals surface area contributed by atoms with Gasteiger partial charge in [-0.05, 0) is 36.6 Å². The van der Waals surface area contributed by atoms with Crippen LogP contribution in [0.5, 0.6) is 11.5 Å². The minimum atomic E-state index is -0.207. The molecule has 0 bridgehead atoms. The lowest BCUT2D eigenvalue weighted by molar-refractivity contribution is 0.102. The number of carbonyl (C=O) groups excluding carboxylic acids is 1. The van der Waals surface area contributed by atoms with Crippen LogP contribution in [-0.2, 0) is 0 Å². The highest BCUT2D eigenvalue weighted by atomic mass is 16.5. The zero-order chi connectivity index (χ0) is 16.7. The van der Waals surface area contributed by atoms with Crippen molar-refractivity contribution in [1.29, 1.82) is 0 Å². The molecule has 23 heavy (non-hydrogen) atoms. The third kappa shape index (κ3) is 5.02. The number of anilines is 1. The lowest BCUT2D eigenvalue weighted by Gasteiger charge is -2.11. The van der Waals surface area contributed by atoms with Crippen molar-refractivity contribution < 1.29 is 14.3 Å². The Kier molecular flexibility index (Phi) is 6.03. The first-order chi connectivity index (χ1) is 11.1. The second-order valence-electron chi connectivity index (χ2n) is 5.71. The molecule has 0 unspecified atom stereocenters. The highest BCUT2D eigenvalue weighted by Crippen LogP contribution is 2.21. The molecule has 0 saturated heterocycles. The van der Waals surface area contributed by atoms with Crippen LogP contribution in [0.1, 0.15) is 30.6 Å². The molecule has 0 atom stereocenters. The molecule has 0 saturated carbocycles. The molecule has 0 aliphatic rings. The van der Waals surface area contributed by atoms with E-state index in [0.29, 0.717) is 29.5 Å². The van der Waals surface area contributed by atoms with Crippen LogP contribution in [0, 0.1) is 5.92 Å². The van der Waals surface area contributed by atoms with Crippen molar-refractivity contribution in [2.45, 2.75) is 20.3 Å².